The molecular weight excluding hydrogens is 336 g/mol. The topological polar surface area (TPSA) is 81.4 Å². The average Bonchev–Trinajstić information content (AvgIpc) is 2.90. The summed E-state index contributed by atoms with van der Waals surface area (Å²) in [7, 11) is 0. The van der Waals surface area contributed by atoms with Gasteiger partial charge in [0.15, 0.2) is 0 Å². The highest BCUT2D eigenvalue weighted by Crippen LogP contribution is 2.33. The number of thiophene rings is 1. The van der Waals surface area contributed by atoms with Gasteiger partial charge in [0.25, 0.3) is 11.8 Å². The number of carbonyl (C=O) groups excluding carboxylic acids is 2. The largest absolute Gasteiger partial charge is 0.491 e. The van der Waals surface area contributed by atoms with E-state index in [1.54, 1.807) is 24.3 Å². The Morgan fingerprint density at radius 1 is 1.24 bits per heavy atom. The standard InChI is InChI=1S/C19H24N2O3S/c1-5-11(3)24-14-9-7-13(8-10-14)18(23)21-19-16(17(20)22)15(6-2)12(4)25-19/h7-11H,5-6H2,1-4H3,(H2,20,22)(H,21,23). The molecule has 0 radical (unpaired) electrons. The fraction of sp³-hybridized carbons (Fsp3) is 0.368. The highest BCUT2D eigenvalue weighted by Gasteiger charge is 2.21. The van der Waals surface area contributed by atoms with Crippen molar-refractivity contribution in [1.29, 1.82) is 0 Å². The van der Waals surface area contributed by atoms with Crippen LogP contribution in [0.1, 0.15) is 58.3 Å². The number of amides is 2. The summed E-state index contributed by atoms with van der Waals surface area (Å²) in [6, 6.07) is 6.96. The monoisotopic (exact) mass is 360 g/mol. The number of ether oxygens (including phenoxy) is 1. The minimum Gasteiger partial charge on any atom is -0.491 e. The van der Waals surface area contributed by atoms with Gasteiger partial charge in [0.2, 0.25) is 0 Å². The zero-order chi connectivity index (χ0) is 18.6. The second-order valence-electron chi connectivity index (χ2n) is 5.87. The Kier molecular flexibility index (Phi) is 6.20. The Hall–Kier alpha value is -2.34. The quantitative estimate of drug-likeness (QED) is 0.778. The van der Waals surface area contributed by atoms with Crippen molar-refractivity contribution in [2.75, 3.05) is 5.32 Å². The molecule has 6 heteroatoms. The van der Waals surface area contributed by atoms with Crippen LogP contribution in [0.5, 0.6) is 5.75 Å². The summed E-state index contributed by atoms with van der Waals surface area (Å²) in [6.07, 6.45) is 1.73. The Morgan fingerprint density at radius 2 is 1.88 bits per heavy atom. The molecule has 0 spiro atoms. The van der Waals surface area contributed by atoms with Gasteiger partial charge in [-0.1, -0.05) is 13.8 Å². The molecule has 0 aliphatic rings. The van der Waals surface area contributed by atoms with Gasteiger partial charge in [0.05, 0.1) is 11.7 Å². The number of benzene rings is 1. The molecule has 2 amide bonds. The van der Waals surface area contributed by atoms with Crippen molar-refractivity contribution in [2.24, 2.45) is 5.73 Å². The number of carbonyl (C=O) groups is 2. The van der Waals surface area contributed by atoms with Gasteiger partial charge in [-0.3, -0.25) is 9.59 Å². The molecule has 0 saturated heterocycles. The van der Waals surface area contributed by atoms with E-state index in [0.717, 1.165) is 22.6 Å². The normalized spacial score (nSPS) is 11.8. The minimum atomic E-state index is -0.520. The van der Waals surface area contributed by atoms with Crippen LogP contribution in [0.2, 0.25) is 0 Å². The average molecular weight is 360 g/mol. The van der Waals surface area contributed by atoms with Crippen molar-refractivity contribution in [3.63, 3.8) is 0 Å². The van der Waals surface area contributed by atoms with Crippen molar-refractivity contribution >= 4 is 28.2 Å². The van der Waals surface area contributed by atoms with Gasteiger partial charge in [0.1, 0.15) is 10.8 Å². The maximum atomic E-state index is 12.5. The molecule has 0 aliphatic heterocycles. The van der Waals surface area contributed by atoms with E-state index < -0.39 is 5.91 Å². The molecule has 134 valence electrons. The number of hydrogen-bond acceptors (Lipinski definition) is 4. The van der Waals surface area contributed by atoms with E-state index in [0.29, 0.717) is 22.5 Å². The van der Waals surface area contributed by atoms with Gasteiger partial charge in [-0.05, 0) is 56.5 Å². The molecule has 0 saturated carbocycles. The molecule has 2 rings (SSSR count). The summed E-state index contributed by atoms with van der Waals surface area (Å²) in [6.45, 7) is 7.93. The number of nitrogens with one attached hydrogen (secondary N) is 1. The molecule has 0 aliphatic carbocycles. The molecule has 25 heavy (non-hydrogen) atoms. The molecule has 0 fully saturated rings. The molecule has 3 N–H and O–H groups in total. The predicted octanol–water partition coefficient (Wildman–Crippen LogP) is 4.15. The Bertz CT molecular complexity index is 766. The first-order chi connectivity index (χ1) is 11.9. The Balaban J connectivity index is 2.19. The smallest absolute Gasteiger partial charge is 0.256 e. The second-order valence-corrected chi connectivity index (χ2v) is 7.10. The predicted molar refractivity (Wildman–Crippen MR) is 102 cm³/mol. The second kappa shape index (κ2) is 8.16. The number of primary amides is 1. The van der Waals surface area contributed by atoms with E-state index in [-0.39, 0.29) is 12.0 Å². The van der Waals surface area contributed by atoms with Crippen LogP contribution in [0.3, 0.4) is 0 Å². The first-order valence-corrected chi connectivity index (χ1v) is 9.19. The van der Waals surface area contributed by atoms with Crippen LogP contribution in [0.25, 0.3) is 0 Å². The lowest BCUT2D eigenvalue weighted by Crippen LogP contribution is -2.18. The van der Waals surface area contributed by atoms with E-state index in [1.807, 2.05) is 20.8 Å². The fourth-order valence-electron chi connectivity index (χ4n) is 2.53. The van der Waals surface area contributed by atoms with Crippen molar-refractivity contribution in [3.8, 4) is 5.75 Å². The van der Waals surface area contributed by atoms with E-state index in [1.165, 1.54) is 11.3 Å². The summed E-state index contributed by atoms with van der Waals surface area (Å²) < 4.78 is 5.71. The van der Waals surface area contributed by atoms with Crippen LogP contribution < -0.4 is 15.8 Å². The lowest BCUT2D eigenvalue weighted by atomic mass is 10.1. The maximum Gasteiger partial charge on any atom is 0.256 e. The first-order valence-electron chi connectivity index (χ1n) is 8.37. The zero-order valence-electron chi connectivity index (χ0n) is 15.0. The van der Waals surface area contributed by atoms with Crippen LogP contribution in [0.15, 0.2) is 24.3 Å². The van der Waals surface area contributed by atoms with Gasteiger partial charge >= 0.3 is 0 Å². The molecular formula is C19H24N2O3S. The summed E-state index contributed by atoms with van der Waals surface area (Å²) in [5, 5.41) is 3.32. The van der Waals surface area contributed by atoms with Crippen molar-refractivity contribution in [3.05, 3.63) is 45.8 Å². The number of rotatable bonds is 7. The van der Waals surface area contributed by atoms with Crippen molar-refractivity contribution in [1.82, 2.24) is 0 Å². The highest BCUT2D eigenvalue weighted by atomic mass is 32.1. The first kappa shape index (κ1) is 19.0. The van der Waals surface area contributed by atoms with E-state index in [4.69, 9.17) is 10.5 Å². The fourth-order valence-corrected chi connectivity index (χ4v) is 3.67. The third-order valence-corrected chi connectivity index (χ3v) is 5.13. The van der Waals surface area contributed by atoms with Gasteiger partial charge in [-0.15, -0.1) is 11.3 Å². The van der Waals surface area contributed by atoms with Crippen LogP contribution in [-0.4, -0.2) is 17.9 Å². The summed E-state index contributed by atoms with van der Waals surface area (Å²) in [4.78, 5) is 25.2. The van der Waals surface area contributed by atoms with Gasteiger partial charge in [-0.2, -0.15) is 0 Å². The van der Waals surface area contributed by atoms with Crippen LogP contribution in [0, 0.1) is 6.92 Å². The molecule has 1 unspecified atom stereocenters. The van der Waals surface area contributed by atoms with Gasteiger partial charge in [-0.25, -0.2) is 0 Å². The molecule has 1 aromatic heterocycles. The molecule has 1 atom stereocenters. The number of nitrogens with two attached hydrogens (primary N) is 1. The third kappa shape index (κ3) is 4.39. The highest BCUT2D eigenvalue weighted by molar-refractivity contribution is 7.16. The lowest BCUT2D eigenvalue weighted by Gasteiger charge is -2.12. The Labute approximate surface area is 152 Å². The molecule has 5 nitrogen and oxygen atoms in total. The maximum absolute atomic E-state index is 12.5. The molecule has 0 bridgehead atoms. The number of hydrogen-bond donors (Lipinski definition) is 2. The molecule has 1 heterocycles. The van der Waals surface area contributed by atoms with E-state index >= 15 is 0 Å². The number of aryl methyl sites for hydroxylation is 1. The summed E-state index contributed by atoms with van der Waals surface area (Å²) in [5.74, 6) is -0.0701. The number of anilines is 1. The van der Waals surface area contributed by atoms with Crippen LogP contribution >= 0.6 is 11.3 Å². The lowest BCUT2D eigenvalue weighted by molar-refractivity contribution is 0.100. The van der Waals surface area contributed by atoms with E-state index in [9.17, 15) is 9.59 Å². The SMILES string of the molecule is CCc1c(C)sc(NC(=O)c2ccc(OC(C)CC)cc2)c1C(N)=O. The van der Waals surface area contributed by atoms with Crippen LogP contribution in [0.4, 0.5) is 5.00 Å². The van der Waals surface area contributed by atoms with Crippen molar-refractivity contribution < 1.29 is 14.3 Å². The summed E-state index contributed by atoms with van der Waals surface area (Å²) >= 11 is 1.37. The zero-order valence-corrected chi connectivity index (χ0v) is 15.8. The van der Waals surface area contributed by atoms with Gasteiger partial charge in [0, 0.05) is 10.4 Å². The molecule has 2 aromatic rings. The van der Waals surface area contributed by atoms with Crippen LogP contribution in [-0.2, 0) is 6.42 Å². The Morgan fingerprint density at radius 3 is 2.40 bits per heavy atom. The minimum absolute atomic E-state index is 0.124. The van der Waals surface area contributed by atoms with Gasteiger partial charge < -0.3 is 15.8 Å². The molecule has 1 aromatic carbocycles. The van der Waals surface area contributed by atoms with E-state index in [2.05, 4.69) is 12.2 Å². The van der Waals surface area contributed by atoms with Crippen molar-refractivity contribution in [2.45, 2.75) is 46.6 Å². The summed E-state index contributed by atoms with van der Waals surface area (Å²) in [5.41, 5.74) is 7.30. The third-order valence-electron chi connectivity index (χ3n) is 4.06.